The van der Waals surface area contributed by atoms with Crippen LogP contribution in [0.4, 0.5) is 4.79 Å². The van der Waals surface area contributed by atoms with Crippen LogP contribution >= 0.6 is 12.2 Å². The van der Waals surface area contributed by atoms with Crippen LogP contribution in [-0.2, 0) is 43.0 Å². The third-order valence-electron chi connectivity index (χ3n) is 13.9. The minimum atomic E-state index is -0.977. The van der Waals surface area contributed by atoms with Crippen LogP contribution in [0.1, 0.15) is 110 Å². The third-order valence-corrected chi connectivity index (χ3v) is 14.1. The highest BCUT2D eigenvalue weighted by atomic mass is 32.1. The molecule has 2 aromatic carbocycles. The molecule has 0 aromatic heterocycles. The molecule has 10 heteroatoms. The molecule has 4 N–H and O–H groups in total. The van der Waals surface area contributed by atoms with Crippen LogP contribution in [0.3, 0.4) is 0 Å². The van der Waals surface area contributed by atoms with Crippen LogP contribution in [0.25, 0.3) is 0 Å². The monoisotopic (exact) mass is 744 g/mol. The van der Waals surface area contributed by atoms with Crippen LogP contribution in [0.5, 0.6) is 0 Å². The average molecular weight is 745 g/mol. The van der Waals surface area contributed by atoms with Gasteiger partial charge in [-0.25, -0.2) is 4.79 Å². The summed E-state index contributed by atoms with van der Waals surface area (Å²) in [4.78, 5) is 38.6. The van der Waals surface area contributed by atoms with Crippen molar-refractivity contribution in [3.05, 3.63) is 69.8 Å². The van der Waals surface area contributed by atoms with Crippen molar-refractivity contribution >= 4 is 35.2 Å². The van der Waals surface area contributed by atoms with E-state index >= 15 is 0 Å². The Bertz CT molecular complexity index is 1920. The SMILES string of the molecule is COC1CCC2(CC1)Cc1ccc(C#CC3CC3)cc1C21NC(=O)NC1=O.COC1CCC2(CC1)Cc1ccc(C#CC3CC3)cc1C21NC(=S)NC1=O. The number of urea groups is 1. The molecule has 4 saturated carbocycles. The second-order valence-electron chi connectivity index (χ2n) is 16.9. The Kier molecular flexibility index (Phi) is 8.69. The molecule has 280 valence electrons. The van der Waals surface area contributed by atoms with Crippen molar-refractivity contribution in [2.45, 2.75) is 113 Å². The van der Waals surface area contributed by atoms with Crippen LogP contribution in [0.2, 0.25) is 0 Å². The molecule has 2 aromatic rings. The molecule has 8 aliphatic rings. The Morgan fingerprint density at radius 1 is 0.630 bits per heavy atom. The van der Waals surface area contributed by atoms with Crippen molar-refractivity contribution in [1.82, 2.24) is 21.3 Å². The topological polar surface area (TPSA) is 118 Å². The molecule has 0 bridgehead atoms. The Morgan fingerprint density at radius 3 is 1.44 bits per heavy atom. The fourth-order valence-electron chi connectivity index (χ4n) is 10.6. The van der Waals surface area contributed by atoms with E-state index in [-0.39, 0.29) is 34.9 Å². The molecular formula is C44H48N4O5S. The summed E-state index contributed by atoms with van der Waals surface area (Å²) in [5.41, 5.74) is 4.13. The summed E-state index contributed by atoms with van der Waals surface area (Å²) >= 11 is 5.36. The first kappa shape index (κ1) is 35.5. The number of thiocarbonyl (C=S) groups is 1. The van der Waals surface area contributed by atoms with Gasteiger partial charge in [-0.05, 0) is 149 Å². The summed E-state index contributed by atoms with van der Waals surface area (Å²) in [6, 6.07) is 12.2. The van der Waals surface area contributed by atoms with Crippen LogP contribution in [-0.4, -0.2) is 49.4 Å². The lowest BCUT2D eigenvalue weighted by Gasteiger charge is -2.46. The fourth-order valence-corrected chi connectivity index (χ4v) is 10.9. The molecule has 2 aliphatic heterocycles. The lowest BCUT2D eigenvalue weighted by Crippen LogP contribution is -2.56. The number of benzene rings is 2. The van der Waals surface area contributed by atoms with E-state index in [1.807, 2.05) is 6.07 Å². The zero-order valence-corrected chi connectivity index (χ0v) is 31.9. The van der Waals surface area contributed by atoms with Crippen molar-refractivity contribution in [1.29, 1.82) is 0 Å². The number of rotatable bonds is 2. The van der Waals surface area contributed by atoms with Gasteiger partial charge in [-0.15, -0.1) is 0 Å². The van der Waals surface area contributed by atoms with Gasteiger partial charge in [0.25, 0.3) is 11.8 Å². The van der Waals surface area contributed by atoms with E-state index in [9.17, 15) is 14.4 Å². The summed E-state index contributed by atoms with van der Waals surface area (Å²) in [5, 5.41) is 12.3. The first-order valence-electron chi connectivity index (χ1n) is 19.8. The molecule has 9 nitrogen and oxygen atoms in total. The van der Waals surface area contributed by atoms with Crippen molar-refractivity contribution in [2.24, 2.45) is 22.7 Å². The van der Waals surface area contributed by atoms with Crippen molar-refractivity contribution in [3.8, 4) is 23.7 Å². The predicted molar refractivity (Wildman–Crippen MR) is 207 cm³/mol. The number of methoxy groups -OCH3 is 2. The summed E-state index contributed by atoms with van der Waals surface area (Å²) in [6.45, 7) is 0. The molecular weight excluding hydrogens is 697 g/mol. The Morgan fingerprint density at radius 2 is 1.07 bits per heavy atom. The number of imide groups is 1. The first-order chi connectivity index (χ1) is 26.1. The zero-order valence-electron chi connectivity index (χ0n) is 31.1. The average Bonchev–Trinajstić information content (AvgIpc) is 4.10. The molecule has 6 fully saturated rings. The highest BCUT2D eigenvalue weighted by Gasteiger charge is 2.67. The molecule has 6 aliphatic carbocycles. The summed E-state index contributed by atoms with van der Waals surface area (Å²) in [6.07, 6.45) is 14.4. The number of hydrogen-bond acceptors (Lipinski definition) is 6. The minimum absolute atomic E-state index is 0.00517. The molecule has 2 unspecified atom stereocenters. The van der Waals surface area contributed by atoms with E-state index in [1.54, 1.807) is 14.2 Å². The molecule has 2 atom stereocenters. The lowest BCUT2D eigenvalue weighted by molar-refractivity contribution is -0.132. The maximum Gasteiger partial charge on any atom is 0.322 e. The molecule has 10 rings (SSSR count). The largest absolute Gasteiger partial charge is 0.381 e. The van der Waals surface area contributed by atoms with Gasteiger partial charge in [0.2, 0.25) is 0 Å². The number of carbonyl (C=O) groups is 3. The molecule has 2 heterocycles. The first-order valence-corrected chi connectivity index (χ1v) is 20.2. The van der Waals surface area contributed by atoms with Crippen molar-refractivity contribution in [2.75, 3.05) is 14.2 Å². The minimum Gasteiger partial charge on any atom is -0.381 e. The standard InChI is InChI=1S/C22H24N2O3.C22H24N2O2S/c1-27-17-8-10-21(11-9-17)13-16-7-6-15(5-4-14-2-3-14)12-18(16)22(21)19(25)23-20(26)24-22;1-26-17-8-10-21(11-9-17)13-16-7-6-15(5-4-14-2-3-14)12-18(16)22(21)19(25)23-20(27)24-22/h6-7,12,14,17H,2-3,8-11,13H2,1H3,(H2,23,24,25,26);6-7,12,14,17H,2-3,8-11,13H2,1H3,(H2,23,24,25,27). The Balaban J connectivity index is 0.000000142. The van der Waals surface area contributed by atoms with E-state index in [1.165, 1.54) is 31.2 Å². The molecule has 4 amide bonds. The second kappa shape index (κ2) is 13.2. The number of carbonyl (C=O) groups excluding carboxylic acids is 3. The molecule has 2 saturated heterocycles. The molecule has 0 radical (unpaired) electrons. The van der Waals surface area contributed by atoms with Crippen molar-refractivity contribution in [3.63, 3.8) is 0 Å². The summed E-state index contributed by atoms with van der Waals surface area (Å²) in [7, 11) is 3.53. The third kappa shape index (κ3) is 5.67. The highest BCUT2D eigenvalue weighted by molar-refractivity contribution is 7.80. The van der Waals surface area contributed by atoms with Crippen LogP contribution in [0.15, 0.2) is 36.4 Å². The quantitative estimate of drug-likeness (QED) is 0.185. The van der Waals surface area contributed by atoms with E-state index in [2.05, 4.69) is 75.3 Å². The van der Waals surface area contributed by atoms with Gasteiger partial charge in [-0.2, -0.15) is 0 Å². The summed E-state index contributed by atoms with van der Waals surface area (Å²) in [5.74, 6) is 14.1. The van der Waals surface area contributed by atoms with Gasteiger partial charge in [0.05, 0.1) is 12.2 Å². The van der Waals surface area contributed by atoms with Gasteiger partial charge >= 0.3 is 6.03 Å². The number of amides is 4. The van der Waals surface area contributed by atoms with Crippen molar-refractivity contribution < 1.29 is 23.9 Å². The Hall–Kier alpha value is -4.22. The number of ether oxygens (including phenoxy) is 2. The van der Waals surface area contributed by atoms with E-state index in [0.29, 0.717) is 16.9 Å². The highest BCUT2D eigenvalue weighted by Crippen LogP contribution is 2.60. The normalized spacial score (nSPS) is 34.2. The van der Waals surface area contributed by atoms with Gasteiger partial charge in [0.15, 0.2) is 16.2 Å². The molecule has 54 heavy (non-hydrogen) atoms. The smallest absolute Gasteiger partial charge is 0.322 e. The van der Waals surface area contributed by atoms with Gasteiger partial charge in [0, 0.05) is 48.0 Å². The predicted octanol–water partition coefficient (Wildman–Crippen LogP) is 5.39. The Labute approximate surface area is 322 Å². The number of nitrogens with one attached hydrogen (secondary N) is 4. The lowest BCUT2D eigenvalue weighted by atomic mass is 9.61. The molecule has 4 spiro atoms. The van der Waals surface area contributed by atoms with Gasteiger partial charge in [0.1, 0.15) is 0 Å². The number of hydrogen-bond donors (Lipinski definition) is 4. The van der Waals surface area contributed by atoms with Gasteiger partial charge in [-0.3, -0.25) is 14.9 Å². The second-order valence-corrected chi connectivity index (χ2v) is 17.3. The summed E-state index contributed by atoms with van der Waals surface area (Å²) < 4.78 is 11.1. The maximum absolute atomic E-state index is 13.3. The van der Waals surface area contributed by atoms with E-state index < -0.39 is 17.1 Å². The van der Waals surface area contributed by atoms with E-state index in [4.69, 9.17) is 21.7 Å². The van der Waals surface area contributed by atoms with Crippen LogP contribution in [0, 0.1) is 46.3 Å². The van der Waals surface area contributed by atoms with Gasteiger partial charge < -0.3 is 25.4 Å². The fraction of sp³-hybridized carbons (Fsp3) is 0.545. The number of fused-ring (bicyclic) bond motifs is 6. The zero-order chi connectivity index (χ0) is 37.3. The van der Waals surface area contributed by atoms with Crippen LogP contribution < -0.4 is 21.3 Å². The maximum atomic E-state index is 13.3. The van der Waals surface area contributed by atoms with E-state index in [0.717, 1.165) is 92.0 Å². The van der Waals surface area contributed by atoms with Gasteiger partial charge in [-0.1, -0.05) is 35.8 Å².